The molecule has 0 saturated carbocycles. The molecule has 0 amide bonds. The first-order valence-electron chi connectivity index (χ1n) is 6.84. The first-order valence-corrected chi connectivity index (χ1v) is 9.20. The van der Waals surface area contributed by atoms with E-state index >= 15 is 0 Å². The molecule has 0 aliphatic carbocycles. The second kappa shape index (κ2) is 5.84. The van der Waals surface area contributed by atoms with Crippen LogP contribution in [0.15, 0.2) is 34.7 Å². The number of fused-ring (bicyclic) bond motifs is 1. The Morgan fingerprint density at radius 3 is 2.90 bits per heavy atom. The minimum Gasteiger partial charge on any atom is -0.309 e. The van der Waals surface area contributed by atoms with E-state index in [0.29, 0.717) is 11.3 Å². The summed E-state index contributed by atoms with van der Waals surface area (Å²) < 4.78 is 27.8. The molecule has 1 aliphatic heterocycles. The summed E-state index contributed by atoms with van der Waals surface area (Å²) in [5.41, 5.74) is 2.22. The van der Waals surface area contributed by atoms with Gasteiger partial charge in [-0.1, -0.05) is 13.0 Å². The maximum Gasteiger partial charge on any atom is 0.241 e. The monoisotopic (exact) mass is 323 g/mol. The number of nitrogens with zero attached hydrogens (tertiary/aromatic N) is 1. The predicted molar refractivity (Wildman–Crippen MR) is 82.5 cm³/mol. The summed E-state index contributed by atoms with van der Waals surface area (Å²) in [6.45, 7) is 3.48. The van der Waals surface area contributed by atoms with Crippen LogP contribution in [-0.2, 0) is 23.1 Å². The Morgan fingerprint density at radius 2 is 2.19 bits per heavy atom. The van der Waals surface area contributed by atoms with Crippen LogP contribution in [0, 0.1) is 0 Å². The Bertz CT molecular complexity index is 727. The number of sulfonamides is 1. The van der Waals surface area contributed by atoms with E-state index in [1.807, 2.05) is 18.4 Å². The average Bonchev–Trinajstić information content (AvgIpc) is 3.14. The van der Waals surface area contributed by atoms with Crippen LogP contribution in [-0.4, -0.2) is 13.4 Å². The minimum atomic E-state index is -3.53. The molecule has 1 aromatic heterocycles. The van der Waals surface area contributed by atoms with Crippen molar-refractivity contribution in [1.29, 1.82) is 0 Å². The van der Waals surface area contributed by atoms with E-state index in [9.17, 15) is 8.42 Å². The van der Waals surface area contributed by atoms with E-state index in [-0.39, 0.29) is 6.04 Å². The summed E-state index contributed by atoms with van der Waals surface area (Å²) in [7, 11) is -3.53. The van der Waals surface area contributed by atoms with Crippen LogP contribution < -0.4 is 10.0 Å². The second-order valence-electron chi connectivity index (χ2n) is 4.99. The van der Waals surface area contributed by atoms with E-state index in [4.69, 9.17) is 0 Å². The summed E-state index contributed by atoms with van der Waals surface area (Å²) in [5, 5.41) is 5.87. The Hall–Kier alpha value is -1.28. The third-order valence-corrected chi connectivity index (χ3v) is 5.93. The van der Waals surface area contributed by atoms with Crippen LogP contribution in [0.1, 0.15) is 35.5 Å². The van der Waals surface area contributed by atoms with Crippen molar-refractivity contribution in [3.8, 4) is 0 Å². The highest BCUT2D eigenvalue weighted by Gasteiger charge is 2.23. The molecule has 0 fully saturated rings. The molecule has 0 radical (unpaired) electrons. The van der Waals surface area contributed by atoms with Crippen LogP contribution in [0.5, 0.6) is 0 Å². The van der Waals surface area contributed by atoms with Gasteiger partial charge in [0.25, 0.3) is 0 Å². The van der Waals surface area contributed by atoms with Crippen molar-refractivity contribution in [2.75, 3.05) is 0 Å². The zero-order chi connectivity index (χ0) is 14.9. The third kappa shape index (κ3) is 3.01. The predicted octanol–water partition coefficient (Wildman–Crippen LogP) is 2.18. The maximum absolute atomic E-state index is 12.5. The molecule has 3 rings (SSSR count). The second-order valence-corrected chi connectivity index (χ2v) is 7.63. The van der Waals surface area contributed by atoms with E-state index in [0.717, 1.165) is 23.7 Å². The molecule has 2 heterocycles. The van der Waals surface area contributed by atoms with Gasteiger partial charge in [-0.2, -0.15) is 0 Å². The lowest BCUT2D eigenvalue weighted by atomic mass is 10.1. The van der Waals surface area contributed by atoms with Crippen LogP contribution in [0.3, 0.4) is 0 Å². The zero-order valence-corrected chi connectivity index (χ0v) is 13.3. The Kier molecular flexibility index (Phi) is 4.08. The first-order chi connectivity index (χ1) is 10.1. The summed E-state index contributed by atoms with van der Waals surface area (Å²) in [6, 6.07) is 5.03. The van der Waals surface area contributed by atoms with Crippen molar-refractivity contribution < 1.29 is 8.42 Å². The molecule has 7 heteroatoms. The molecular formula is C14H17N3O2S2. The fourth-order valence-electron chi connectivity index (χ4n) is 2.41. The number of thiazole rings is 1. The summed E-state index contributed by atoms with van der Waals surface area (Å²) in [4.78, 5) is 4.52. The van der Waals surface area contributed by atoms with E-state index in [2.05, 4.69) is 15.0 Å². The van der Waals surface area contributed by atoms with Gasteiger partial charge in [-0.15, -0.1) is 11.3 Å². The number of benzene rings is 1. The number of hydrogen-bond donors (Lipinski definition) is 2. The molecule has 0 bridgehead atoms. The molecule has 2 aromatic rings. The van der Waals surface area contributed by atoms with Gasteiger partial charge in [0, 0.05) is 24.7 Å². The number of nitrogens with one attached hydrogen (secondary N) is 2. The topological polar surface area (TPSA) is 71.1 Å². The molecule has 2 N–H and O–H groups in total. The highest BCUT2D eigenvalue weighted by Crippen LogP contribution is 2.24. The van der Waals surface area contributed by atoms with Crippen LogP contribution >= 0.6 is 11.3 Å². The Balaban J connectivity index is 1.86. The molecule has 112 valence electrons. The standard InChI is InChI=1S/C14H17N3O2S2/c1-2-13(14-16-5-6-20-14)17-21(18,19)12-4-3-10-8-15-9-11(10)7-12/h3-7,13,15,17H,2,8-9H2,1H3. The minimum absolute atomic E-state index is 0.277. The van der Waals surface area contributed by atoms with Gasteiger partial charge in [0.1, 0.15) is 5.01 Å². The largest absolute Gasteiger partial charge is 0.309 e. The quantitative estimate of drug-likeness (QED) is 0.885. The molecule has 1 unspecified atom stereocenters. The van der Waals surface area contributed by atoms with Gasteiger partial charge in [-0.05, 0) is 29.7 Å². The molecule has 21 heavy (non-hydrogen) atoms. The average molecular weight is 323 g/mol. The fourth-order valence-corrected chi connectivity index (χ4v) is 4.59. The number of aromatic nitrogens is 1. The van der Waals surface area contributed by atoms with E-state index in [1.165, 1.54) is 16.9 Å². The zero-order valence-electron chi connectivity index (χ0n) is 11.7. The normalized spacial score (nSPS) is 15.9. The van der Waals surface area contributed by atoms with Crippen LogP contribution in [0.2, 0.25) is 0 Å². The number of rotatable bonds is 5. The van der Waals surface area contributed by atoms with Gasteiger partial charge < -0.3 is 5.32 Å². The van der Waals surface area contributed by atoms with Gasteiger partial charge in [0.05, 0.1) is 10.9 Å². The first kappa shape index (κ1) is 14.6. The van der Waals surface area contributed by atoms with Crippen molar-refractivity contribution in [3.63, 3.8) is 0 Å². The van der Waals surface area contributed by atoms with Gasteiger partial charge in [0.2, 0.25) is 10.0 Å². The molecule has 1 atom stereocenters. The van der Waals surface area contributed by atoms with Crippen LogP contribution in [0.25, 0.3) is 0 Å². The van der Waals surface area contributed by atoms with Gasteiger partial charge in [0.15, 0.2) is 0 Å². The Labute approximate surface area is 128 Å². The van der Waals surface area contributed by atoms with Crippen LogP contribution in [0.4, 0.5) is 0 Å². The molecule has 0 spiro atoms. The van der Waals surface area contributed by atoms with Crippen molar-refractivity contribution in [2.24, 2.45) is 0 Å². The molecular weight excluding hydrogens is 306 g/mol. The smallest absolute Gasteiger partial charge is 0.241 e. The number of hydrogen-bond acceptors (Lipinski definition) is 5. The Morgan fingerprint density at radius 1 is 1.38 bits per heavy atom. The highest BCUT2D eigenvalue weighted by atomic mass is 32.2. The third-order valence-electron chi connectivity index (χ3n) is 3.57. The van der Waals surface area contributed by atoms with Crippen molar-refractivity contribution in [3.05, 3.63) is 45.9 Å². The summed E-state index contributed by atoms with van der Waals surface area (Å²) in [6.07, 6.45) is 2.36. The summed E-state index contributed by atoms with van der Waals surface area (Å²) in [5.74, 6) is 0. The summed E-state index contributed by atoms with van der Waals surface area (Å²) >= 11 is 1.46. The molecule has 0 saturated heterocycles. The van der Waals surface area contributed by atoms with Crippen molar-refractivity contribution in [2.45, 2.75) is 37.4 Å². The maximum atomic E-state index is 12.5. The van der Waals surface area contributed by atoms with E-state index in [1.54, 1.807) is 18.3 Å². The van der Waals surface area contributed by atoms with Crippen molar-refractivity contribution in [1.82, 2.24) is 15.0 Å². The molecule has 1 aromatic carbocycles. The lowest BCUT2D eigenvalue weighted by Crippen LogP contribution is -2.28. The molecule has 1 aliphatic rings. The van der Waals surface area contributed by atoms with Gasteiger partial charge in [-0.3, -0.25) is 0 Å². The SMILES string of the molecule is CCC(NS(=O)(=O)c1ccc2c(c1)CNC2)c1nccs1. The lowest BCUT2D eigenvalue weighted by Gasteiger charge is -2.15. The van der Waals surface area contributed by atoms with E-state index < -0.39 is 10.0 Å². The molecule has 5 nitrogen and oxygen atoms in total. The van der Waals surface area contributed by atoms with Crippen molar-refractivity contribution >= 4 is 21.4 Å². The fraction of sp³-hybridized carbons (Fsp3) is 0.357. The van der Waals surface area contributed by atoms with Gasteiger partial charge in [-0.25, -0.2) is 18.1 Å². The highest BCUT2D eigenvalue weighted by molar-refractivity contribution is 7.89. The lowest BCUT2D eigenvalue weighted by molar-refractivity contribution is 0.549. The van der Waals surface area contributed by atoms with Gasteiger partial charge >= 0.3 is 0 Å².